The SMILES string of the molecule is Nc1ccncc1.[C-]#[O+].[C-]#[O+].[C-]#[O+].[C-]#[O+].[C-]#[O+].[Cr]. The Morgan fingerprint density at radius 3 is 1.06 bits per heavy atom. The summed E-state index contributed by atoms with van der Waals surface area (Å²) in [5.41, 5.74) is 6.08. The van der Waals surface area contributed by atoms with Gasteiger partial charge in [-0.15, -0.1) is 0 Å². The summed E-state index contributed by atoms with van der Waals surface area (Å²) < 4.78 is 37.5. The second kappa shape index (κ2) is 79.9. The maximum Gasteiger partial charge on any atom is 0 e. The van der Waals surface area contributed by atoms with Crippen molar-refractivity contribution < 1.29 is 40.6 Å². The quantitative estimate of drug-likeness (QED) is 0.547. The van der Waals surface area contributed by atoms with E-state index in [4.69, 9.17) is 29.0 Å². The van der Waals surface area contributed by atoms with Crippen molar-refractivity contribution in [2.45, 2.75) is 0 Å². The van der Waals surface area contributed by atoms with Crippen LogP contribution in [0.4, 0.5) is 5.69 Å². The van der Waals surface area contributed by atoms with Crippen LogP contribution in [0.5, 0.6) is 0 Å². The minimum Gasteiger partial charge on any atom is 0 e. The van der Waals surface area contributed by atoms with Gasteiger partial charge < -0.3 is 5.73 Å². The van der Waals surface area contributed by atoms with Crippen molar-refractivity contribution in [1.82, 2.24) is 4.98 Å². The summed E-state index contributed by atoms with van der Waals surface area (Å²) in [5.74, 6) is 0. The van der Waals surface area contributed by atoms with Crippen molar-refractivity contribution in [1.29, 1.82) is 0 Å². The molecule has 8 heteroatoms. The van der Waals surface area contributed by atoms with Gasteiger partial charge in [0, 0.05) is 35.4 Å². The van der Waals surface area contributed by atoms with Crippen LogP contribution >= 0.6 is 0 Å². The normalized spacial score (nSPS) is 3.89. The molecule has 1 rings (SSSR count). The van der Waals surface area contributed by atoms with E-state index in [1.54, 1.807) is 24.5 Å². The van der Waals surface area contributed by atoms with Crippen LogP contribution in [0, 0.1) is 33.3 Å². The third-order valence-corrected chi connectivity index (χ3v) is 0.706. The van der Waals surface area contributed by atoms with E-state index in [1.165, 1.54) is 0 Å². The van der Waals surface area contributed by atoms with Crippen molar-refractivity contribution in [2.75, 3.05) is 5.73 Å². The maximum atomic E-state index is 7.50. The van der Waals surface area contributed by atoms with Crippen LogP contribution in [-0.4, -0.2) is 4.98 Å². The van der Waals surface area contributed by atoms with Gasteiger partial charge in [-0.05, 0) is 12.1 Å². The van der Waals surface area contributed by atoms with Gasteiger partial charge in [0.25, 0.3) is 0 Å². The van der Waals surface area contributed by atoms with Crippen molar-refractivity contribution in [3.63, 3.8) is 0 Å². The molecular formula is C10H6CrN2O5. The number of nitrogen functional groups attached to an aromatic ring is 1. The van der Waals surface area contributed by atoms with Crippen LogP contribution in [0.3, 0.4) is 0 Å². The average Bonchev–Trinajstić information content (AvgIpc) is 2.50. The van der Waals surface area contributed by atoms with E-state index in [0.29, 0.717) is 0 Å². The first kappa shape index (κ1) is 36.0. The van der Waals surface area contributed by atoms with Gasteiger partial charge >= 0.3 is 56.5 Å². The summed E-state index contributed by atoms with van der Waals surface area (Å²) in [6, 6.07) is 3.50. The number of rotatable bonds is 0. The Kier molecular flexibility index (Phi) is 160. The molecule has 0 atom stereocenters. The van der Waals surface area contributed by atoms with Gasteiger partial charge in [0.05, 0.1) is 0 Å². The van der Waals surface area contributed by atoms with Crippen molar-refractivity contribution >= 4 is 5.69 Å². The summed E-state index contributed by atoms with van der Waals surface area (Å²) in [5, 5.41) is 0. The number of anilines is 1. The first-order valence-electron chi connectivity index (χ1n) is 3.07. The molecule has 0 bridgehead atoms. The standard InChI is InChI=1S/C5H6N2.5CO.Cr/c6-5-1-3-7-4-2-5;5*1-2;/h1-4H,(H2,6,7);;;;;;. The van der Waals surface area contributed by atoms with Gasteiger partial charge in [0.2, 0.25) is 0 Å². The van der Waals surface area contributed by atoms with Crippen LogP contribution in [0.25, 0.3) is 0 Å². The Bertz CT molecular complexity index is 284. The molecule has 0 aliphatic rings. The fourth-order valence-corrected chi connectivity index (χ4v) is 0.363. The molecule has 1 heterocycles. The molecule has 2 N–H and O–H groups in total. The fraction of sp³-hybridized carbons (Fsp3) is 0. The monoisotopic (exact) mass is 286 g/mol. The number of aromatic nitrogens is 1. The molecular weight excluding hydrogens is 280 g/mol. The van der Waals surface area contributed by atoms with E-state index in [0.717, 1.165) is 5.69 Å². The summed E-state index contributed by atoms with van der Waals surface area (Å²) >= 11 is 0. The average molecular weight is 286 g/mol. The Hall–Kier alpha value is -1.82. The number of hydrogen-bond donors (Lipinski definition) is 1. The molecule has 0 fully saturated rings. The number of nitrogens with zero attached hydrogens (tertiary/aromatic N) is 1. The summed E-state index contributed by atoms with van der Waals surface area (Å²) in [4.78, 5) is 3.77. The number of hydrogen-bond acceptors (Lipinski definition) is 2. The van der Waals surface area contributed by atoms with Gasteiger partial charge in [-0.3, -0.25) is 4.98 Å². The van der Waals surface area contributed by atoms with Crippen LogP contribution < -0.4 is 5.73 Å². The Labute approximate surface area is 115 Å². The van der Waals surface area contributed by atoms with Crippen molar-refractivity contribution in [2.24, 2.45) is 0 Å². The summed E-state index contributed by atoms with van der Waals surface area (Å²) in [6.45, 7) is 22.5. The largest absolute Gasteiger partial charge is 0 e. The Balaban J connectivity index is -0.0000000285. The predicted octanol–water partition coefficient (Wildman–Crippen LogP) is 0.474. The fourth-order valence-electron chi connectivity index (χ4n) is 0.363. The molecule has 0 saturated carbocycles. The molecule has 0 radical (unpaired) electrons. The molecule has 92 valence electrons. The van der Waals surface area contributed by atoms with Gasteiger partial charge in [0.1, 0.15) is 0 Å². The molecule has 1 aromatic rings. The molecule has 1 aromatic heterocycles. The van der Waals surface area contributed by atoms with Gasteiger partial charge in [-0.25, -0.2) is 0 Å². The molecule has 0 aliphatic carbocycles. The van der Waals surface area contributed by atoms with Crippen molar-refractivity contribution in [3.8, 4) is 0 Å². The number of nitrogens with two attached hydrogens (primary N) is 1. The molecule has 0 aliphatic heterocycles. The number of pyridine rings is 1. The first-order chi connectivity index (χ1) is 8.39. The van der Waals surface area contributed by atoms with E-state index < -0.39 is 0 Å². The van der Waals surface area contributed by atoms with Crippen LogP contribution in [0.15, 0.2) is 24.5 Å². The van der Waals surface area contributed by atoms with E-state index >= 15 is 0 Å². The van der Waals surface area contributed by atoms with Gasteiger partial charge in [0.15, 0.2) is 0 Å². The summed E-state index contributed by atoms with van der Waals surface area (Å²) in [7, 11) is 0. The summed E-state index contributed by atoms with van der Waals surface area (Å²) in [6.07, 6.45) is 3.32. The second-order valence-corrected chi connectivity index (χ2v) is 1.28. The topological polar surface area (TPSA) is 138 Å². The van der Waals surface area contributed by atoms with Gasteiger partial charge in [-0.1, -0.05) is 0 Å². The first-order valence-corrected chi connectivity index (χ1v) is 3.07. The minimum atomic E-state index is 0. The smallest absolute Gasteiger partial charge is 0 e. The third kappa shape index (κ3) is 64.5. The molecule has 18 heavy (non-hydrogen) atoms. The van der Waals surface area contributed by atoms with E-state index in [2.05, 4.69) is 38.2 Å². The molecule has 7 nitrogen and oxygen atoms in total. The van der Waals surface area contributed by atoms with E-state index in [-0.39, 0.29) is 17.4 Å². The van der Waals surface area contributed by atoms with Crippen LogP contribution in [0.2, 0.25) is 0 Å². The Morgan fingerprint density at radius 2 is 0.944 bits per heavy atom. The molecule has 0 saturated heterocycles. The molecule has 0 amide bonds. The van der Waals surface area contributed by atoms with Crippen LogP contribution in [0.1, 0.15) is 0 Å². The second-order valence-electron chi connectivity index (χ2n) is 1.28. The molecule has 0 spiro atoms. The minimum absolute atomic E-state index is 0. The molecule has 0 unspecified atom stereocenters. The molecule has 0 aromatic carbocycles. The van der Waals surface area contributed by atoms with Crippen molar-refractivity contribution in [3.05, 3.63) is 57.8 Å². The maximum absolute atomic E-state index is 7.50. The van der Waals surface area contributed by atoms with E-state index in [1.807, 2.05) is 0 Å². The zero-order chi connectivity index (χ0) is 15.1. The Morgan fingerprint density at radius 1 is 0.722 bits per heavy atom. The van der Waals surface area contributed by atoms with E-state index in [9.17, 15) is 0 Å². The zero-order valence-corrected chi connectivity index (χ0v) is 10.1. The zero-order valence-electron chi connectivity index (χ0n) is 8.78. The third-order valence-electron chi connectivity index (χ3n) is 0.706. The predicted molar refractivity (Wildman–Crippen MR) is 48.3 cm³/mol. The van der Waals surface area contributed by atoms with Gasteiger partial charge in [-0.2, -0.15) is 0 Å². The van der Waals surface area contributed by atoms with Crippen LogP contribution in [-0.2, 0) is 40.6 Å².